The smallest absolute Gasteiger partial charge is 0.257 e. The molecule has 1 atom stereocenters. The summed E-state index contributed by atoms with van der Waals surface area (Å²) in [4.78, 5) is 12.0. The summed E-state index contributed by atoms with van der Waals surface area (Å²) in [6.07, 6.45) is 3.91. The predicted octanol–water partition coefficient (Wildman–Crippen LogP) is 3.72. The summed E-state index contributed by atoms with van der Waals surface area (Å²) in [5.41, 5.74) is 6.37. The van der Waals surface area contributed by atoms with Crippen molar-refractivity contribution < 1.29 is 9.53 Å². The first-order valence-corrected chi connectivity index (χ1v) is 10.0. The van der Waals surface area contributed by atoms with Crippen LogP contribution in [0.4, 0.5) is 0 Å². The zero-order valence-electron chi connectivity index (χ0n) is 15.7. The number of nitrogens with two attached hydrogens (primary N) is 1. The summed E-state index contributed by atoms with van der Waals surface area (Å²) in [7, 11) is 0. The molecule has 148 valence electrons. The Bertz CT molecular complexity index is 556. The third-order valence-electron chi connectivity index (χ3n) is 4.19. The van der Waals surface area contributed by atoms with Gasteiger partial charge in [0.25, 0.3) is 5.91 Å². The number of unbranched alkanes of at least 4 members (excludes halogenated alkanes) is 1. The minimum atomic E-state index is -0.158. The first kappa shape index (κ1) is 23.0. The average Bonchev–Trinajstić information content (AvgIpc) is 2.61. The molecule has 26 heavy (non-hydrogen) atoms. The van der Waals surface area contributed by atoms with E-state index in [-0.39, 0.29) is 18.4 Å². The Hall–Kier alpha value is -1.01. The number of ether oxygens (including phenoxy) is 1. The van der Waals surface area contributed by atoms with Crippen LogP contribution >= 0.6 is 23.2 Å². The van der Waals surface area contributed by atoms with Gasteiger partial charge >= 0.3 is 0 Å². The van der Waals surface area contributed by atoms with E-state index in [1.54, 1.807) is 6.07 Å². The molecule has 0 spiro atoms. The molecular weight excluding hydrogens is 373 g/mol. The van der Waals surface area contributed by atoms with Crippen LogP contribution in [0.15, 0.2) is 12.1 Å². The van der Waals surface area contributed by atoms with E-state index in [2.05, 4.69) is 24.5 Å². The van der Waals surface area contributed by atoms with Crippen LogP contribution in [0.3, 0.4) is 0 Å². The molecule has 0 saturated carbocycles. The normalized spacial score (nSPS) is 12.0. The molecule has 0 aliphatic heterocycles. The molecule has 0 bridgehead atoms. The number of carbonyl (C=O) groups excluding carboxylic acids is 1. The van der Waals surface area contributed by atoms with E-state index in [9.17, 15) is 4.79 Å². The number of amides is 1. The van der Waals surface area contributed by atoms with Crippen LogP contribution in [0.5, 0.6) is 5.75 Å². The Morgan fingerprint density at radius 2 is 1.92 bits per heavy atom. The molecule has 4 N–H and O–H groups in total. The van der Waals surface area contributed by atoms with Gasteiger partial charge in [-0.3, -0.25) is 4.79 Å². The third-order valence-corrected chi connectivity index (χ3v) is 4.69. The van der Waals surface area contributed by atoms with Crippen molar-refractivity contribution in [2.75, 3.05) is 32.8 Å². The summed E-state index contributed by atoms with van der Waals surface area (Å²) in [5.74, 6) is 0.631. The zero-order chi connectivity index (χ0) is 19.4. The second-order valence-electron chi connectivity index (χ2n) is 6.35. The molecule has 0 aliphatic rings. The third kappa shape index (κ3) is 8.58. The van der Waals surface area contributed by atoms with Gasteiger partial charge in [0.1, 0.15) is 5.75 Å². The molecule has 1 aromatic carbocycles. The quantitative estimate of drug-likeness (QED) is 0.438. The number of hydrogen-bond acceptors (Lipinski definition) is 4. The van der Waals surface area contributed by atoms with E-state index in [4.69, 9.17) is 33.7 Å². The molecule has 0 radical (unpaired) electrons. The monoisotopic (exact) mass is 403 g/mol. The second-order valence-corrected chi connectivity index (χ2v) is 7.20. The molecule has 1 aromatic rings. The zero-order valence-corrected chi connectivity index (χ0v) is 17.3. The van der Waals surface area contributed by atoms with Crippen LogP contribution < -0.4 is 21.1 Å². The number of halogens is 2. The van der Waals surface area contributed by atoms with Crippen molar-refractivity contribution in [3.63, 3.8) is 0 Å². The van der Waals surface area contributed by atoms with Crippen molar-refractivity contribution in [1.29, 1.82) is 0 Å². The molecule has 1 amide bonds. The lowest BCUT2D eigenvalue weighted by Crippen LogP contribution is -2.31. The van der Waals surface area contributed by atoms with Gasteiger partial charge in [0.2, 0.25) is 0 Å². The van der Waals surface area contributed by atoms with Crippen LogP contribution in [-0.4, -0.2) is 38.7 Å². The highest BCUT2D eigenvalue weighted by molar-refractivity contribution is 6.35. The number of nitrogens with one attached hydrogen (secondary N) is 2. The molecule has 1 rings (SSSR count). The summed E-state index contributed by atoms with van der Waals surface area (Å²) in [6, 6.07) is 3.49. The second kappa shape index (κ2) is 13.2. The SMILES string of the molecule is CCC(C)c1cc(Cl)cc(Cl)c1OCC(=O)NCCCNCCCCN. The minimum Gasteiger partial charge on any atom is -0.482 e. The first-order chi connectivity index (χ1) is 12.5. The molecule has 7 heteroatoms. The van der Waals surface area contributed by atoms with Gasteiger partial charge in [0.05, 0.1) is 5.02 Å². The Morgan fingerprint density at radius 1 is 1.19 bits per heavy atom. The fraction of sp³-hybridized carbons (Fsp3) is 0.632. The van der Waals surface area contributed by atoms with Crippen LogP contribution in [0.1, 0.15) is 51.0 Å². The lowest BCUT2D eigenvalue weighted by molar-refractivity contribution is -0.123. The summed E-state index contributed by atoms with van der Waals surface area (Å²) in [6.45, 7) is 7.27. The van der Waals surface area contributed by atoms with Gasteiger partial charge in [-0.25, -0.2) is 0 Å². The summed E-state index contributed by atoms with van der Waals surface area (Å²) >= 11 is 12.4. The Balaban J connectivity index is 2.36. The maximum atomic E-state index is 12.0. The van der Waals surface area contributed by atoms with Crippen LogP contribution in [-0.2, 0) is 4.79 Å². The van der Waals surface area contributed by atoms with Gasteiger partial charge in [-0.2, -0.15) is 0 Å². The van der Waals surface area contributed by atoms with Gasteiger partial charge in [0, 0.05) is 11.6 Å². The van der Waals surface area contributed by atoms with E-state index in [0.717, 1.165) is 50.9 Å². The Labute approximate surface area is 166 Å². The highest BCUT2D eigenvalue weighted by Crippen LogP contribution is 2.37. The maximum absolute atomic E-state index is 12.0. The van der Waals surface area contributed by atoms with Gasteiger partial charge < -0.3 is 21.1 Å². The first-order valence-electron chi connectivity index (χ1n) is 9.28. The van der Waals surface area contributed by atoms with Crippen molar-refractivity contribution >= 4 is 29.1 Å². The van der Waals surface area contributed by atoms with Crippen molar-refractivity contribution in [3.8, 4) is 5.75 Å². The highest BCUT2D eigenvalue weighted by Gasteiger charge is 2.16. The van der Waals surface area contributed by atoms with Crippen LogP contribution in [0, 0.1) is 0 Å². The Morgan fingerprint density at radius 3 is 2.62 bits per heavy atom. The summed E-state index contributed by atoms with van der Waals surface area (Å²) in [5, 5.41) is 7.18. The molecule has 0 saturated heterocycles. The topological polar surface area (TPSA) is 76.4 Å². The van der Waals surface area contributed by atoms with E-state index in [1.165, 1.54) is 0 Å². The molecule has 0 heterocycles. The number of rotatable bonds is 13. The number of benzene rings is 1. The van der Waals surface area contributed by atoms with Crippen molar-refractivity contribution in [3.05, 3.63) is 27.7 Å². The van der Waals surface area contributed by atoms with Gasteiger partial charge in [-0.15, -0.1) is 0 Å². The molecule has 5 nitrogen and oxygen atoms in total. The number of carbonyl (C=O) groups is 1. The largest absolute Gasteiger partial charge is 0.482 e. The standard InChI is InChI=1S/C19H31Cl2N3O2/c1-3-14(2)16-11-15(20)12-17(21)19(16)26-13-18(25)24-10-6-9-23-8-5-4-7-22/h11-12,14,23H,3-10,13,22H2,1-2H3,(H,24,25). The van der Waals surface area contributed by atoms with Gasteiger partial charge in [0.15, 0.2) is 6.61 Å². The van der Waals surface area contributed by atoms with Gasteiger partial charge in [-0.05, 0) is 68.9 Å². The Kier molecular flexibility index (Phi) is 11.7. The van der Waals surface area contributed by atoms with E-state index >= 15 is 0 Å². The average molecular weight is 404 g/mol. The number of hydrogen-bond donors (Lipinski definition) is 3. The lowest BCUT2D eigenvalue weighted by Gasteiger charge is -2.17. The molecule has 1 unspecified atom stereocenters. The maximum Gasteiger partial charge on any atom is 0.257 e. The fourth-order valence-electron chi connectivity index (χ4n) is 2.47. The van der Waals surface area contributed by atoms with Crippen LogP contribution in [0.25, 0.3) is 0 Å². The van der Waals surface area contributed by atoms with E-state index in [1.807, 2.05) is 6.07 Å². The molecular formula is C19H31Cl2N3O2. The van der Waals surface area contributed by atoms with E-state index in [0.29, 0.717) is 22.3 Å². The van der Waals surface area contributed by atoms with Crippen molar-refractivity contribution in [2.24, 2.45) is 5.73 Å². The van der Waals surface area contributed by atoms with E-state index < -0.39 is 0 Å². The van der Waals surface area contributed by atoms with Gasteiger partial charge in [-0.1, -0.05) is 37.0 Å². The molecule has 0 fully saturated rings. The van der Waals surface area contributed by atoms with Crippen LogP contribution in [0.2, 0.25) is 10.0 Å². The molecule has 0 aromatic heterocycles. The van der Waals surface area contributed by atoms with Crippen molar-refractivity contribution in [2.45, 2.75) is 45.4 Å². The van der Waals surface area contributed by atoms with Crippen molar-refractivity contribution in [1.82, 2.24) is 10.6 Å². The summed E-state index contributed by atoms with van der Waals surface area (Å²) < 4.78 is 5.70. The fourth-order valence-corrected chi connectivity index (χ4v) is 3.03. The predicted molar refractivity (Wildman–Crippen MR) is 109 cm³/mol. The highest BCUT2D eigenvalue weighted by atomic mass is 35.5. The molecule has 0 aliphatic carbocycles. The lowest BCUT2D eigenvalue weighted by atomic mass is 9.98. The minimum absolute atomic E-state index is 0.0608.